The molecule has 1 heterocycles. The quantitative estimate of drug-likeness (QED) is 0.154. The molecule has 0 unspecified atom stereocenters. The lowest BCUT2D eigenvalue weighted by Crippen LogP contribution is -2.26. The third kappa shape index (κ3) is 4.06. The number of nitrogens with one attached hydrogen (secondary N) is 1. The molecule has 0 aliphatic heterocycles. The van der Waals surface area contributed by atoms with Crippen LogP contribution in [0, 0.1) is 0 Å². The number of H-pyrrole nitrogens is 1. The number of rotatable bonds is 5. The Labute approximate surface area is 240 Å². The van der Waals surface area contributed by atoms with Gasteiger partial charge < -0.3 is 16.5 Å². The summed E-state index contributed by atoms with van der Waals surface area (Å²) >= 11 is 0. The third-order valence-corrected chi connectivity index (χ3v) is 8.51. The van der Waals surface area contributed by atoms with Crippen LogP contribution in [0.3, 0.4) is 0 Å². The Balaban J connectivity index is 1.54. The molecule has 0 aliphatic carbocycles. The predicted molar refractivity (Wildman–Crippen MR) is 174 cm³/mol. The second kappa shape index (κ2) is 9.72. The number of benzene rings is 6. The Morgan fingerprint density at radius 2 is 1.02 bits per heavy atom. The first kappa shape index (κ1) is 24.7. The van der Waals surface area contributed by atoms with E-state index in [1.54, 1.807) is 0 Å². The van der Waals surface area contributed by atoms with Crippen LogP contribution in [0.4, 0.5) is 11.4 Å². The van der Waals surface area contributed by atoms with E-state index in [0.717, 1.165) is 55.8 Å². The maximum Gasteiger partial charge on any atom is 0.0509 e. The van der Waals surface area contributed by atoms with E-state index in [0.29, 0.717) is 0 Å². The summed E-state index contributed by atoms with van der Waals surface area (Å²) in [6.45, 7) is 2.31. The van der Waals surface area contributed by atoms with E-state index >= 15 is 0 Å². The molecule has 0 aliphatic rings. The monoisotopic (exact) mass is 529 g/mol. The number of aromatic amines is 1. The molecule has 0 saturated carbocycles. The van der Waals surface area contributed by atoms with Gasteiger partial charge >= 0.3 is 0 Å². The fraction of sp³-hybridized carbons (Fsp3) is 0.0526. The van der Waals surface area contributed by atoms with Crippen molar-refractivity contribution in [2.75, 3.05) is 11.5 Å². The van der Waals surface area contributed by atoms with Crippen LogP contribution in [0.2, 0.25) is 0 Å². The lowest BCUT2D eigenvalue weighted by atomic mass is 9.69. The lowest BCUT2D eigenvalue weighted by molar-refractivity contribution is 0.699. The van der Waals surface area contributed by atoms with Gasteiger partial charge in [0.25, 0.3) is 0 Å². The number of nitrogens with two attached hydrogens (primary N) is 2. The summed E-state index contributed by atoms with van der Waals surface area (Å²) in [6.07, 6.45) is 0. The SMILES string of the molecule is CC(c1ccc(N)c(-c2ccccc2)c1)(c1ccc(N)c(-c2ccccc2)c1)c1cccc2c1[nH]c1ccccc12. The van der Waals surface area contributed by atoms with Crippen molar-refractivity contribution in [3.8, 4) is 22.3 Å². The van der Waals surface area contributed by atoms with E-state index in [2.05, 4.69) is 127 Å². The van der Waals surface area contributed by atoms with E-state index in [1.165, 1.54) is 16.3 Å². The van der Waals surface area contributed by atoms with Crippen molar-refractivity contribution in [1.29, 1.82) is 0 Å². The van der Waals surface area contributed by atoms with Gasteiger partial charge in [-0.15, -0.1) is 0 Å². The first-order valence-corrected chi connectivity index (χ1v) is 13.9. The van der Waals surface area contributed by atoms with Gasteiger partial charge in [0, 0.05) is 44.2 Å². The van der Waals surface area contributed by atoms with Crippen molar-refractivity contribution < 1.29 is 0 Å². The lowest BCUT2D eigenvalue weighted by Gasteiger charge is -2.33. The third-order valence-electron chi connectivity index (χ3n) is 8.51. The van der Waals surface area contributed by atoms with Gasteiger partial charge in [-0.1, -0.05) is 109 Å². The normalized spacial score (nSPS) is 11.7. The molecule has 41 heavy (non-hydrogen) atoms. The molecule has 3 nitrogen and oxygen atoms in total. The average Bonchev–Trinajstić information content (AvgIpc) is 3.41. The largest absolute Gasteiger partial charge is 0.398 e. The van der Waals surface area contributed by atoms with Crippen molar-refractivity contribution in [3.63, 3.8) is 0 Å². The molecule has 7 rings (SSSR count). The van der Waals surface area contributed by atoms with Gasteiger partial charge in [0.1, 0.15) is 0 Å². The smallest absolute Gasteiger partial charge is 0.0509 e. The summed E-state index contributed by atoms with van der Waals surface area (Å²) in [5.74, 6) is 0. The summed E-state index contributed by atoms with van der Waals surface area (Å²) in [4.78, 5) is 3.76. The van der Waals surface area contributed by atoms with Gasteiger partial charge in [0.05, 0.1) is 5.52 Å². The topological polar surface area (TPSA) is 67.8 Å². The van der Waals surface area contributed by atoms with E-state index < -0.39 is 5.41 Å². The van der Waals surface area contributed by atoms with Crippen LogP contribution in [0.5, 0.6) is 0 Å². The molecule has 0 fully saturated rings. The fourth-order valence-corrected chi connectivity index (χ4v) is 6.24. The molecule has 1 aromatic heterocycles. The van der Waals surface area contributed by atoms with Crippen LogP contribution in [0.15, 0.2) is 140 Å². The number of hydrogen-bond donors (Lipinski definition) is 3. The minimum atomic E-state index is -0.533. The number of nitrogen functional groups attached to an aromatic ring is 2. The second-order valence-electron chi connectivity index (χ2n) is 10.9. The molecule has 0 bridgehead atoms. The molecule has 198 valence electrons. The molecule has 3 heteroatoms. The predicted octanol–water partition coefficient (Wildman–Crippen LogP) is 9.17. The molecule has 6 aromatic carbocycles. The van der Waals surface area contributed by atoms with E-state index in [1.807, 2.05) is 24.3 Å². The first-order valence-electron chi connectivity index (χ1n) is 13.9. The molecular formula is C38H31N3. The molecular weight excluding hydrogens is 498 g/mol. The van der Waals surface area contributed by atoms with Gasteiger partial charge in [0.2, 0.25) is 0 Å². The van der Waals surface area contributed by atoms with Crippen molar-refractivity contribution in [2.24, 2.45) is 0 Å². The highest BCUT2D eigenvalue weighted by Crippen LogP contribution is 2.46. The number of aromatic nitrogens is 1. The van der Waals surface area contributed by atoms with Crippen LogP contribution < -0.4 is 11.5 Å². The number of para-hydroxylation sites is 2. The van der Waals surface area contributed by atoms with Crippen molar-refractivity contribution in [3.05, 3.63) is 156 Å². The Morgan fingerprint density at radius 1 is 0.512 bits per heavy atom. The van der Waals surface area contributed by atoms with Crippen LogP contribution in [0.25, 0.3) is 44.1 Å². The van der Waals surface area contributed by atoms with Crippen LogP contribution in [-0.4, -0.2) is 4.98 Å². The summed E-state index contributed by atoms with van der Waals surface area (Å²) < 4.78 is 0. The fourth-order valence-electron chi connectivity index (χ4n) is 6.24. The maximum absolute atomic E-state index is 6.58. The highest BCUT2D eigenvalue weighted by molar-refractivity contribution is 6.08. The van der Waals surface area contributed by atoms with Gasteiger partial charge in [-0.3, -0.25) is 0 Å². The van der Waals surface area contributed by atoms with Gasteiger partial charge in [0.15, 0.2) is 0 Å². The van der Waals surface area contributed by atoms with E-state index in [9.17, 15) is 0 Å². The highest BCUT2D eigenvalue weighted by Gasteiger charge is 2.34. The van der Waals surface area contributed by atoms with E-state index in [-0.39, 0.29) is 0 Å². The maximum atomic E-state index is 6.58. The Morgan fingerprint density at radius 3 is 1.61 bits per heavy atom. The summed E-state index contributed by atoms with van der Waals surface area (Å²) in [5, 5.41) is 2.43. The Kier molecular flexibility index (Phi) is 5.87. The molecule has 0 atom stereocenters. The van der Waals surface area contributed by atoms with E-state index in [4.69, 9.17) is 11.5 Å². The summed E-state index contributed by atoms with van der Waals surface area (Å²) in [7, 11) is 0. The molecule has 7 aromatic rings. The highest BCUT2D eigenvalue weighted by atomic mass is 14.7. The zero-order valence-corrected chi connectivity index (χ0v) is 22.9. The molecule has 0 amide bonds. The molecule has 0 saturated heterocycles. The average molecular weight is 530 g/mol. The zero-order valence-electron chi connectivity index (χ0n) is 22.9. The van der Waals surface area contributed by atoms with Gasteiger partial charge in [-0.05, 0) is 65.1 Å². The zero-order chi connectivity index (χ0) is 28.0. The Hall–Kier alpha value is -5.28. The number of fused-ring (bicyclic) bond motifs is 3. The van der Waals surface area contributed by atoms with Gasteiger partial charge in [-0.2, -0.15) is 0 Å². The molecule has 5 N–H and O–H groups in total. The van der Waals surface area contributed by atoms with Crippen molar-refractivity contribution in [1.82, 2.24) is 4.98 Å². The van der Waals surface area contributed by atoms with Crippen molar-refractivity contribution in [2.45, 2.75) is 12.3 Å². The summed E-state index contributed by atoms with van der Waals surface area (Å²) in [5.41, 5.74) is 24.1. The summed E-state index contributed by atoms with van der Waals surface area (Å²) in [6, 6.07) is 48.8. The number of hydrogen-bond acceptors (Lipinski definition) is 2. The minimum absolute atomic E-state index is 0.533. The standard InChI is InChI=1S/C38H31N3/c1-38(27-19-21-34(39)31(23-27)25-11-4-2-5-12-25,28-20-22-35(40)32(24-28)26-13-6-3-7-14-26)33-17-10-16-30-29-15-8-9-18-36(29)41-37(30)33/h2-24,41H,39-40H2,1H3. The molecule has 0 spiro atoms. The molecule has 0 radical (unpaired) electrons. The minimum Gasteiger partial charge on any atom is -0.398 e. The Bertz CT molecular complexity index is 1930. The van der Waals surface area contributed by atoms with Crippen molar-refractivity contribution >= 4 is 33.2 Å². The first-order chi connectivity index (χ1) is 20.0. The van der Waals surface area contributed by atoms with Crippen LogP contribution >= 0.6 is 0 Å². The van der Waals surface area contributed by atoms with Crippen LogP contribution in [-0.2, 0) is 5.41 Å². The second-order valence-corrected chi connectivity index (χ2v) is 10.9. The van der Waals surface area contributed by atoms with Gasteiger partial charge in [-0.25, -0.2) is 0 Å². The van der Waals surface area contributed by atoms with Crippen LogP contribution in [0.1, 0.15) is 23.6 Å². The number of anilines is 2.